The van der Waals surface area contributed by atoms with E-state index in [0.717, 1.165) is 12.8 Å². The molecule has 1 unspecified atom stereocenters. The van der Waals surface area contributed by atoms with Crippen LogP contribution >= 0.6 is 0 Å². The van der Waals surface area contributed by atoms with Gasteiger partial charge in [-0.05, 0) is 26.7 Å². The second-order valence-electron chi connectivity index (χ2n) is 4.56. The Kier molecular flexibility index (Phi) is 5.41. The summed E-state index contributed by atoms with van der Waals surface area (Å²) in [5.41, 5.74) is 0. The predicted octanol–water partition coefficient (Wildman–Crippen LogP) is 0.823. The average molecular weight is 243 g/mol. The summed E-state index contributed by atoms with van der Waals surface area (Å²) in [6.45, 7) is 5.02. The Morgan fingerprint density at radius 2 is 2.12 bits per heavy atom. The molecule has 1 rings (SSSR count). The number of piperidine rings is 1. The summed E-state index contributed by atoms with van der Waals surface area (Å²) in [6.07, 6.45) is 1.68. The van der Waals surface area contributed by atoms with Crippen molar-refractivity contribution in [2.45, 2.75) is 32.8 Å². The van der Waals surface area contributed by atoms with Crippen LogP contribution in [0.5, 0.6) is 0 Å². The molecular formula is C12H21NO4. The van der Waals surface area contributed by atoms with Crippen molar-refractivity contribution in [3.8, 4) is 0 Å². The van der Waals surface area contributed by atoms with Crippen LogP contribution in [0, 0.1) is 5.92 Å². The van der Waals surface area contributed by atoms with Crippen molar-refractivity contribution in [3.05, 3.63) is 0 Å². The zero-order valence-electron chi connectivity index (χ0n) is 10.8. The van der Waals surface area contributed by atoms with E-state index in [1.165, 1.54) is 7.11 Å². The lowest BCUT2D eigenvalue weighted by Crippen LogP contribution is -2.44. The highest BCUT2D eigenvalue weighted by Crippen LogP contribution is 2.17. The normalized spacial score (nSPS) is 20.5. The van der Waals surface area contributed by atoms with Gasteiger partial charge in [0.2, 0.25) is 5.91 Å². The Bertz CT molecular complexity index is 278. The maximum Gasteiger partial charge on any atom is 0.310 e. The van der Waals surface area contributed by atoms with Gasteiger partial charge in [0.1, 0.15) is 6.61 Å². The first-order valence-corrected chi connectivity index (χ1v) is 6.01. The highest BCUT2D eigenvalue weighted by Gasteiger charge is 2.28. The van der Waals surface area contributed by atoms with Gasteiger partial charge < -0.3 is 14.4 Å². The van der Waals surface area contributed by atoms with Crippen molar-refractivity contribution in [1.29, 1.82) is 0 Å². The lowest BCUT2D eigenvalue weighted by atomic mass is 9.98. The smallest absolute Gasteiger partial charge is 0.310 e. The molecule has 1 fully saturated rings. The molecule has 17 heavy (non-hydrogen) atoms. The van der Waals surface area contributed by atoms with Gasteiger partial charge in [-0.25, -0.2) is 0 Å². The molecule has 98 valence electrons. The minimum absolute atomic E-state index is 0.0418. The number of methoxy groups -OCH3 is 1. The monoisotopic (exact) mass is 243 g/mol. The van der Waals surface area contributed by atoms with Gasteiger partial charge in [-0.15, -0.1) is 0 Å². The Morgan fingerprint density at radius 1 is 1.41 bits per heavy atom. The molecule has 0 radical (unpaired) electrons. The summed E-state index contributed by atoms with van der Waals surface area (Å²) in [7, 11) is 1.38. The minimum Gasteiger partial charge on any atom is -0.469 e. The molecule has 0 spiro atoms. The van der Waals surface area contributed by atoms with Gasteiger partial charge in [-0.2, -0.15) is 0 Å². The lowest BCUT2D eigenvalue weighted by Gasteiger charge is -2.31. The molecule has 0 bridgehead atoms. The van der Waals surface area contributed by atoms with Crippen LogP contribution < -0.4 is 0 Å². The molecule has 5 nitrogen and oxygen atoms in total. The minimum atomic E-state index is -0.229. The molecule has 0 aliphatic carbocycles. The van der Waals surface area contributed by atoms with E-state index in [1.807, 2.05) is 13.8 Å². The molecule has 5 heteroatoms. The largest absolute Gasteiger partial charge is 0.469 e. The van der Waals surface area contributed by atoms with E-state index < -0.39 is 0 Å². The second-order valence-corrected chi connectivity index (χ2v) is 4.56. The third-order valence-electron chi connectivity index (χ3n) is 2.85. The zero-order valence-corrected chi connectivity index (χ0v) is 10.8. The van der Waals surface area contributed by atoms with Crippen LogP contribution in [0.25, 0.3) is 0 Å². The van der Waals surface area contributed by atoms with E-state index >= 15 is 0 Å². The zero-order chi connectivity index (χ0) is 12.8. The molecule has 0 aromatic heterocycles. The predicted molar refractivity (Wildman–Crippen MR) is 62.4 cm³/mol. The van der Waals surface area contributed by atoms with Gasteiger partial charge in [-0.3, -0.25) is 9.59 Å². The fraction of sp³-hybridized carbons (Fsp3) is 0.833. The molecule has 1 atom stereocenters. The summed E-state index contributed by atoms with van der Waals surface area (Å²) in [5, 5.41) is 0. The van der Waals surface area contributed by atoms with Gasteiger partial charge in [0, 0.05) is 13.1 Å². The molecule has 1 amide bonds. The molecule has 0 aromatic rings. The van der Waals surface area contributed by atoms with Gasteiger partial charge in [0.25, 0.3) is 0 Å². The molecule has 0 aromatic carbocycles. The van der Waals surface area contributed by atoms with Crippen molar-refractivity contribution in [3.63, 3.8) is 0 Å². The van der Waals surface area contributed by atoms with Crippen molar-refractivity contribution < 1.29 is 19.1 Å². The number of hydrogen-bond acceptors (Lipinski definition) is 4. The summed E-state index contributed by atoms with van der Waals surface area (Å²) in [6, 6.07) is 0. The molecule has 0 N–H and O–H groups in total. The van der Waals surface area contributed by atoms with Gasteiger partial charge in [0.05, 0.1) is 19.1 Å². The van der Waals surface area contributed by atoms with E-state index in [9.17, 15) is 9.59 Å². The van der Waals surface area contributed by atoms with Crippen molar-refractivity contribution >= 4 is 11.9 Å². The number of esters is 1. The van der Waals surface area contributed by atoms with Crippen molar-refractivity contribution in [1.82, 2.24) is 4.90 Å². The van der Waals surface area contributed by atoms with Crippen LogP contribution in [0.1, 0.15) is 26.7 Å². The van der Waals surface area contributed by atoms with E-state index in [2.05, 4.69) is 0 Å². The third-order valence-corrected chi connectivity index (χ3v) is 2.85. The highest BCUT2D eigenvalue weighted by molar-refractivity contribution is 5.79. The number of rotatable bonds is 4. The number of likely N-dealkylation sites (tertiary alicyclic amines) is 1. The second kappa shape index (κ2) is 6.59. The van der Waals surface area contributed by atoms with Crippen LogP contribution in [-0.2, 0) is 19.1 Å². The Labute approximate surface area is 102 Å². The van der Waals surface area contributed by atoms with Gasteiger partial charge in [-0.1, -0.05) is 0 Å². The molecule has 1 saturated heterocycles. The summed E-state index contributed by atoms with van der Waals surface area (Å²) in [5.74, 6) is -0.462. The topological polar surface area (TPSA) is 55.8 Å². The molecular weight excluding hydrogens is 222 g/mol. The van der Waals surface area contributed by atoms with Crippen molar-refractivity contribution in [2.24, 2.45) is 5.92 Å². The number of amides is 1. The summed E-state index contributed by atoms with van der Waals surface area (Å²) < 4.78 is 9.98. The van der Waals surface area contributed by atoms with Crippen LogP contribution in [0.4, 0.5) is 0 Å². The number of nitrogens with zero attached hydrogens (tertiary/aromatic N) is 1. The maximum absolute atomic E-state index is 11.8. The number of ether oxygens (including phenoxy) is 2. The number of carbonyl (C=O) groups is 2. The van der Waals surface area contributed by atoms with E-state index in [4.69, 9.17) is 9.47 Å². The average Bonchev–Trinajstić information content (AvgIpc) is 2.35. The van der Waals surface area contributed by atoms with E-state index in [1.54, 1.807) is 4.90 Å². The first-order valence-electron chi connectivity index (χ1n) is 6.01. The standard InChI is InChI=1S/C12H21NO4/c1-9(2)17-8-11(14)13-6-4-5-10(7-13)12(15)16-3/h9-10H,4-8H2,1-3H3. The SMILES string of the molecule is COC(=O)C1CCCN(C(=O)COC(C)C)C1. The maximum atomic E-state index is 11.8. The quantitative estimate of drug-likeness (QED) is 0.686. The third kappa shape index (κ3) is 4.34. The molecule has 1 aliphatic heterocycles. The van der Waals surface area contributed by atoms with Gasteiger partial charge >= 0.3 is 5.97 Å². The lowest BCUT2D eigenvalue weighted by molar-refractivity contribution is -0.150. The molecule has 0 saturated carbocycles. The fourth-order valence-corrected chi connectivity index (χ4v) is 1.89. The Hall–Kier alpha value is -1.10. The van der Waals surface area contributed by atoms with E-state index in [-0.39, 0.29) is 30.5 Å². The first-order chi connectivity index (χ1) is 8.04. The van der Waals surface area contributed by atoms with Crippen LogP contribution in [0.3, 0.4) is 0 Å². The highest BCUT2D eigenvalue weighted by atomic mass is 16.5. The van der Waals surface area contributed by atoms with Gasteiger partial charge in [0.15, 0.2) is 0 Å². The summed E-state index contributed by atoms with van der Waals surface area (Å²) >= 11 is 0. The number of hydrogen-bond donors (Lipinski definition) is 0. The fourth-order valence-electron chi connectivity index (χ4n) is 1.89. The van der Waals surface area contributed by atoms with Crippen molar-refractivity contribution in [2.75, 3.05) is 26.8 Å². The van der Waals surface area contributed by atoms with Crippen LogP contribution in [0.15, 0.2) is 0 Å². The number of carbonyl (C=O) groups excluding carboxylic acids is 2. The summed E-state index contributed by atoms with van der Waals surface area (Å²) in [4.78, 5) is 24.9. The van der Waals surface area contributed by atoms with Crippen LogP contribution in [0.2, 0.25) is 0 Å². The Balaban J connectivity index is 2.43. The van der Waals surface area contributed by atoms with Crippen LogP contribution in [-0.4, -0.2) is 49.7 Å². The molecule has 1 heterocycles. The molecule has 1 aliphatic rings. The van der Waals surface area contributed by atoms with E-state index in [0.29, 0.717) is 13.1 Å². The first kappa shape index (κ1) is 14.0. The Morgan fingerprint density at radius 3 is 2.71 bits per heavy atom.